The molecule has 0 spiro atoms. The van der Waals surface area contributed by atoms with E-state index in [2.05, 4.69) is 9.47 Å². The normalized spacial score (nSPS) is 29.3. The van der Waals surface area contributed by atoms with Crippen molar-refractivity contribution in [2.45, 2.75) is 11.8 Å². The van der Waals surface area contributed by atoms with Gasteiger partial charge >= 0.3 is 11.8 Å². The molecule has 0 fully saturated rings. The largest absolute Gasteiger partial charge is 0.466 e. The SMILES string of the molecule is N=C1C=CC(F)(F)C(F)(F)C1C1=COC=CO1. The molecule has 1 aliphatic carbocycles. The first-order valence-electron chi connectivity index (χ1n) is 4.57. The van der Waals surface area contributed by atoms with Crippen LogP contribution in [0.15, 0.2) is 36.7 Å². The third-order valence-corrected chi connectivity index (χ3v) is 2.40. The predicted molar refractivity (Wildman–Crippen MR) is 49.6 cm³/mol. The van der Waals surface area contributed by atoms with Crippen LogP contribution in [0.5, 0.6) is 0 Å². The van der Waals surface area contributed by atoms with E-state index < -0.39 is 29.2 Å². The van der Waals surface area contributed by atoms with Crippen molar-refractivity contribution in [3.8, 4) is 0 Å². The van der Waals surface area contributed by atoms with Crippen LogP contribution in [0.25, 0.3) is 0 Å². The van der Waals surface area contributed by atoms with Gasteiger partial charge in [0.1, 0.15) is 24.7 Å². The Morgan fingerprint density at radius 2 is 1.88 bits per heavy atom. The highest BCUT2D eigenvalue weighted by Gasteiger charge is 2.64. The number of alkyl halides is 4. The molecule has 1 atom stereocenters. The number of hydrogen-bond acceptors (Lipinski definition) is 3. The Morgan fingerprint density at radius 1 is 1.18 bits per heavy atom. The van der Waals surface area contributed by atoms with Crippen LogP contribution in [0.2, 0.25) is 0 Å². The fraction of sp³-hybridized carbons (Fsp3) is 0.300. The molecule has 0 bridgehead atoms. The first-order valence-corrected chi connectivity index (χ1v) is 4.57. The summed E-state index contributed by atoms with van der Waals surface area (Å²) in [4.78, 5) is 0. The second-order valence-corrected chi connectivity index (χ2v) is 3.51. The molecule has 1 N–H and O–H groups in total. The van der Waals surface area contributed by atoms with E-state index >= 15 is 0 Å². The highest BCUT2D eigenvalue weighted by molar-refractivity contribution is 5.98. The molecule has 7 heteroatoms. The van der Waals surface area contributed by atoms with E-state index in [-0.39, 0.29) is 6.08 Å². The van der Waals surface area contributed by atoms with Crippen molar-refractivity contribution in [1.82, 2.24) is 0 Å². The number of nitrogens with one attached hydrogen (secondary N) is 1. The Kier molecular flexibility index (Phi) is 2.48. The molecule has 0 amide bonds. The molecule has 0 aromatic heterocycles. The van der Waals surface area contributed by atoms with E-state index in [0.29, 0.717) is 6.08 Å². The lowest BCUT2D eigenvalue weighted by molar-refractivity contribution is -0.198. The van der Waals surface area contributed by atoms with Crippen LogP contribution in [0.1, 0.15) is 0 Å². The van der Waals surface area contributed by atoms with Gasteiger partial charge in [-0.15, -0.1) is 0 Å². The molecule has 1 aliphatic heterocycles. The number of ether oxygens (including phenoxy) is 2. The molecule has 0 saturated heterocycles. The van der Waals surface area contributed by atoms with Gasteiger partial charge in [0.15, 0.2) is 5.76 Å². The van der Waals surface area contributed by atoms with Crippen molar-refractivity contribution in [2.75, 3.05) is 0 Å². The van der Waals surface area contributed by atoms with Crippen molar-refractivity contribution < 1.29 is 27.0 Å². The summed E-state index contributed by atoms with van der Waals surface area (Å²) < 4.78 is 62.5. The minimum atomic E-state index is -4.43. The molecule has 0 radical (unpaired) electrons. The molecule has 0 saturated carbocycles. The smallest absolute Gasteiger partial charge is 0.330 e. The maximum atomic E-state index is 13.5. The van der Waals surface area contributed by atoms with Gasteiger partial charge in [-0.2, -0.15) is 17.6 Å². The van der Waals surface area contributed by atoms with E-state index in [4.69, 9.17) is 5.41 Å². The lowest BCUT2D eigenvalue weighted by atomic mass is 9.84. The first kappa shape index (κ1) is 11.7. The van der Waals surface area contributed by atoms with E-state index in [1.54, 1.807) is 0 Å². The molecule has 2 aliphatic rings. The number of rotatable bonds is 1. The summed E-state index contributed by atoms with van der Waals surface area (Å²) in [6.45, 7) is 0. The second kappa shape index (κ2) is 3.61. The van der Waals surface area contributed by atoms with Crippen LogP contribution in [0, 0.1) is 11.3 Å². The van der Waals surface area contributed by atoms with Crippen molar-refractivity contribution in [3.05, 3.63) is 36.7 Å². The van der Waals surface area contributed by atoms with Crippen molar-refractivity contribution >= 4 is 5.71 Å². The minimum Gasteiger partial charge on any atom is -0.466 e. The predicted octanol–water partition coefficient (Wildman–Crippen LogP) is 2.82. The van der Waals surface area contributed by atoms with Crippen molar-refractivity contribution in [1.29, 1.82) is 5.41 Å². The molecular formula is C10H7F4NO2. The third kappa shape index (κ3) is 1.71. The van der Waals surface area contributed by atoms with Gasteiger partial charge in [0.05, 0.1) is 0 Å². The topological polar surface area (TPSA) is 42.3 Å². The van der Waals surface area contributed by atoms with Crippen LogP contribution in [0.3, 0.4) is 0 Å². The molecule has 0 aromatic carbocycles. The summed E-state index contributed by atoms with van der Waals surface area (Å²) in [7, 11) is 0. The molecule has 1 unspecified atom stereocenters. The Bertz CT molecular complexity index is 440. The molecule has 3 nitrogen and oxygen atoms in total. The molecule has 2 rings (SSSR count). The van der Waals surface area contributed by atoms with Gasteiger partial charge in [-0.1, -0.05) is 0 Å². The zero-order valence-electron chi connectivity index (χ0n) is 8.29. The van der Waals surface area contributed by atoms with Crippen LogP contribution in [-0.4, -0.2) is 17.6 Å². The van der Waals surface area contributed by atoms with Gasteiger partial charge in [0.25, 0.3) is 0 Å². The highest BCUT2D eigenvalue weighted by Crippen LogP contribution is 2.47. The summed E-state index contributed by atoms with van der Waals surface area (Å²) in [5, 5.41) is 7.31. The Morgan fingerprint density at radius 3 is 2.47 bits per heavy atom. The third-order valence-electron chi connectivity index (χ3n) is 2.40. The van der Waals surface area contributed by atoms with E-state index in [9.17, 15) is 17.6 Å². The van der Waals surface area contributed by atoms with Crippen LogP contribution >= 0.6 is 0 Å². The van der Waals surface area contributed by atoms with Crippen molar-refractivity contribution in [2.24, 2.45) is 5.92 Å². The quantitative estimate of drug-likeness (QED) is 0.726. The fourth-order valence-corrected chi connectivity index (χ4v) is 1.53. The minimum absolute atomic E-state index is 0.0198. The van der Waals surface area contributed by atoms with Gasteiger partial charge < -0.3 is 14.9 Å². The first-order chi connectivity index (χ1) is 7.86. The Balaban J connectivity index is 2.41. The summed E-state index contributed by atoms with van der Waals surface area (Å²) in [5.41, 5.74) is -0.661. The molecule has 0 aromatic rings. The van der Waals surface area contributed by atoms with E-state index in [1.165, 1.54) is 0 Å². The van der Waals surface area contributed by atoms with E-state index in [0.717, 1.165) is 18.8 Å². The number of allylic oxidation sites excluding steroid dienone is 3. The van der Waals surface area contributed by atoms with E-state index in [1.807, 2.05) is 0 Å². The van der Waals surface area contributed by atoms with Crippen molar-refractivity contribution in [3.63, 3.8) is 0 Å². The van der Waals surface area contributed by atoms with Gasteiger partial charge in [-0.25, -0.2) is 0 Å². The number of hydrogen-bond donors (Lipinski definition) is 1. The summed E-state index contributed by atoms with van der Waals surface area (Å²) >= 11 is 0. The lowest BCUT2D eigenvalue weighted by Crippen LogP contribution is -2.51. The average molecular weight is 249 g/mol. The molecule has 17 heavy (non-hydrogen) atoms. The number of halogens is 4. The van der Waals surface area contributed by atoms with Crippen LogP contribution < -0.4 is 0 Å². The lowest BCUT2D eigenvalue weighted by Gasteiger charge is -2.35. The Hall–Kier alpha value is -1.79. The monoisotopic (exact) mass is 249 g/mol. The van der Waals surface area contributed by atoms with Gasteiger partial charge in [0, 0.05) is 5.71 Å². The van der Waals surface area contributed by atoms with Gasteiger partial charge in [0.2, 0.25) is 0 Å². The van der Waals surface area contributed by atoms with Gasteiger partial charge in [-0.3, -0.25) is 0 Å². The molecule has 92 valence electrons. The standard InChI is InChI=1S/C10H7F4NO2/c11-9(12)2-1-6(15)8(10(9,13)14)7-5-16-3-4-17-7/h1-5,8,15H. The van der Waals surface area contributed by atoms with Crippen LogP contribution in [-0.2, 0) is 9.47 Å². The maximum Gasteiger partial charge on any atom is 0.330 e. The van der Waals surface area contributed by atoms with Gasteiger partial charge in [-0.05, 0) is 12.2 Å². The van der Waals surface area contributed by atoms with Crippen LogP contribution in [0.4, 0.5) is 17.6 Å². The molecule has 1 heterocycles. The fourth-order valence-electron chi connectivity index (χ4n) is 1.53. The zero-order valence-corrected chi connectivity index (χ0v) is 8.29. The highest BCUT2D eigenvalue weighted by atomic mass is 19.3. The Labute approximate surface area is 93.5 Å². The summed E-state index contributed by atoms with van der Waals surface area (Å²) in [5.74, 6) is -11.4. The second-order valence-electron chi connectivity index (χ2n) is 3.51. The molecular weight excluding hydrogens is 242 g/mol. The zero-order chi connectivity index (χ0) is 12.7. The average Bonchev–Trinajstić information content (AvgIpc) is 2.26. The maximum absolute atomic E-state index is 13.5. The summed E-state index contributed by atoms with van der Waals surface area (Å²) in [6, 6.07) is 0. The summed E-state index contributed by atoms with van der Waals surface area (Å²) in [6.07, 6.45) is 3.44.